The highest BCUT2D eigenvalue weighted by molar-refractivity contribution is 5.97. The van der Waals surface area contributed by atoms with Gasteiger partial charge in [-0.25, -0.2) is 0 Å². The summed E-state index contributed by atoms with van der Waals surface area (Å²) in [6.07, 6.45) is 0. The van der Waals surface area contributed by atoms with Gasteiger partial charge in [-0.15, -0.1) is 0 Å². The summed E-state index contributed by atoms with van der Waals surface area (Å²) in [5.41, 5.74) is 3.67. The van der Waals surface area contributed by atoms with Crippen molar-refractivity contribution in [2.24, 2.45) is 0 Å². The maximum absolute atomic E-state index is 12.8. The summed E-state index contributed by atoms with van der Waals surface area (Å²) in [4.78, 5) is 39.6. The van der Waals surface area contributed by atoms with Crippen molar-refractivity contribution in [1.29, 1.82) is 0 Å². The SMILES string of the molecule is Cc1cccc(N2CCN(C(=O)C(C)NC(=O)c3cccc([N+](=O)[O-])c3)CC2)c1C. The highest BCUT2D eigenvalue weighted by Gasteiger charge is 2.27. The summed E-state index contributed by atoms with van der Waals surface area (Å²) in [5, 5.41) is 13.5. The summed E-state index contributed by atoms with van der Waals surface area (Å²) in [6, 6.07) is 11.0. The fraction of sp³-hybridized carbons (Fsp3) is 0.364. The van der Waals surface area contributed by atoms with E-state index in [0.29, 0.717) is 13.1 Å². The minimum Gasteiger partial charge on any atom is -0.368 e. The van der Waals surface area contributed by atoms with Crippen LogP contribution in [0.4, 0.5) is 11.4 Å². The molecule has 0 saturated carbocycles. The quantitative estimate of drug-likeness (QED) is 0.604. The predicted molar refractivity (Wildman–Crippen MR) is 115 cm³/mol. The molecule has 8 heteroatoms. The Kier molecular flexibility index (Phi) is 6.34. The smallest absolute Gasteiger partial charge is 0.270 e. The summed E-state index contributed by atoms with van der Waals surface area (Å²) in [6.45, 7) is 8.42. The molecule has 1 saturated heterocycles. The molecule has 0 spiro atoms. The molecular weight excluding hydrogens is 384 g/mol. The third-order valence-electron chi connectivity index (χ3n) is 5.55. The second kappa shape index (κ2) is 8.94. The van der Waals surface area contributed by atoms with Gasteiger partial charge in [-0.05, 0) is 44.0 Å². The standard InChI is InChI=1S/C22H26N4O4/c1-15-6-4-9-20(16(15)2)24-10-12-25(13-11-24)22(28)17(3)23-21(27)18-7-5-8-19(14-18)26(29)30/h4-9,14,17H,10-13H2,1-3H3,(H,23,27). The third-order valence-corrected chi connectivity index (χ3v) is 5.55. The number of rotatable bonds is 5. The van der Waals surface area contributed by atoms with E-state index in [1.165, 1.54) is 41.1 Å². The van der Waals surface area contributed by atoms with Crippen LogP contribution in [-0.2, 0) is 4.79 Å². The van der Waals surface area contributed by atoms with E-state index in [1.54, 1.807) is 11.8 Å². The monoisotopic (exact) mass is 410 g/mol. The maximum Gasteiger partial charge on any atom is 0.270 e. The van der Waals surface area contributed by atoms with Crippen molar-refractivity contribution in [3.63, 3.8) is 0 Å². The molecule has 0 aromatic heterocycles. The number of non-ortho nitro benzene ring substituents is 1. The molecule has 2 aromatic carbocycles. The largest absolute Gasteiger partial charge is 0.368 e. The number of nitrogens with one attached hydrogen (secondary N) is 1. The van der Waals surface area contributed by atoms with Crippen molar-refractivity contribution >= 4 is 23.2 Å². The lowest BCUT2D eigenvalue weighted by Crippen LogP contribution is -2.54. The van der Waals surface area contributed by atoms with Crippen molar-refractivity contribution in [1.82, 2.24) is 10.2 Å². The first-order valence-corrected chi connectivity index (χ1v) is 9.93. The summed E-state index contributed by atoms with van der Waals surface area (Å²) < 4.78 is 0. The molecular formula is C22H26N4O4. The molecule has 8 nitrogen and oxygen atoms in total. The van der Waals surface area contributed by atoms with E-state index in [2.05, 4.69) is 36.2 Å². The van der Waals surface area contributed by atoms with Gasteiger partial charge in [0, 0.05) is 49.6 Å². The van der Waals surface area contributed by atoms with Crippen molar-refractivity contribution < 1.29 is 14.5 Å². The topological polar surface area (TPSA) is 95.8 Å². The van der Waals surface area contributed by atoms with Gasteiger partial charge < -0.3 is 15.1 Å². The van der Waals surface area contributed by atoms with E-state index >= 15 is 0 Å². The average Bonchev–Trinajstić information content (AvgIpc) is 2.75. The minimum absolute atomic E-state index is 0.156. The van der Waals surface area contributed by atoms with Crippen LogP contribution >= 0.6 is 0 Å². The Labute approximate surface area is 175 Å². The molecule has 0 aliphatic carbocycles. The van der Waals surface area contributed by atoms with Crippen LogP contribution < -0.4 is 10.2 Å². The Balaban J connectivity index is 1.58. The molecule has 3 rings (SSSR count). The highest BCUT2D eigenvalue weighted by atomic mass is 16.6. The van der Waals surface area contributed by atoms with Gasteiger partial charge in [0.05, 0.1) is 4.92 Å². The van der Waals surface area contributed by atoms with E-state index in [0.717, 1.165) is 13.1 Å². The van der Waals surface area contributed by atoms with Crippen LogP contribution in [0.25, 0.3) is 0 Å². The molecule has 158 valence electrons. The van der Waals surface area contributed by atoms with Gasteiger partial charge in [-0.3, -0.25) is 19.7 Å². The predicted octanol–water partition coefficient (Wildman–Crippen LogP) is 2.68. The van der Waals surface area contributed by atoms with Gasteiger partial charge in [-0.1, -0.05) is 18.2 Å². The van der Waals surface area contributed by atoms with Gasteiger partial charge in [0.25, 0.3) is 11.6 Å². The number of carbonyl (C=O) groups is 2. The lowest BCUT2D eigenvalue weighted by atomic mass is 10.1. The van der Waals surface area contributed by atoms with E-state index in [9.17, 15) is 19.7 Å². The Morgan fingerprint density at radius 2 is 1.73 bits per heavy atom. The third kappa shape index (κ3) is 4.59. The first kappa shape index (κ1) is 21.3. The lowest BCUT2D eigenvalue weighted by Gasteiger charge is -2.38. The number of amides is 2. The van der Waals surface area contributed by atoms with Gasteiger partial charge >= 0.3 is 0 Å². The average molecular weight is 410 g/mol. The summed E-state index contributed by atoms with van der Waals surface area (Å²) >= 11 is 0. The normalized spacial score (nSPS) is 14.9. The molecule has 1 heterocycles. The molecule has 0 radical (unpaired) electrons. The number of hydrogen-bond donors (Lipinski definition) is 1. The van der Waals surface area contributed by atoms with Crippen LogP contribution in [0.5, 0.6) is 0 Å². The van der Waals surface area contributed by atoms with E-state index in [-0.39, 0.29) is 17.2 Å². The van der Waals surface area contributed by atoms with E-state index < -0.39 is 16.9 Å². The number of hydrogen-bond acceptors (Lipinski definition) is 5. The zero-order valence-electron chi connectivity index (χ0n) is 17.4. The molecule has 2 aromatic rings. The zero-order valence-corrected chi connectivity index (χ0v) is 17.4. The number of anilines is 1. The van der Waals surface area contributed by atoms with E-state index in [1.807, 2.05) is 6.07 Å². The number of piperazine rings is 1. The van der Waals surface area contributed by atoms with Crippen LogP contribution in [0.15, 0.2) is 42.5 Å². The number of nitro groups is 1. The number of carbonyl (C=O) groups excluding carboxylic acids is 2. The molecule has 1 atom stereocenters. The summed E-state index contributed by atoms with van der Waals surface area (Å²) in [7, 11) is 0. The first-order chi connectivity index (χ1) is 14.3. The Hall–Kier alpha value is -3.42. The Morgan fingerprint density at radius 1 is 1.07 bits per heavy atom. The minimum atomic E-state index is -0.719. The molecule has 1 fully saturated rings. The van der Waals surface area contributed by atoms with Gasteiger partial charge in [0.15, 0.2) is 0 Å². The van der Waals surface area contributed by atoms with Gasteiger partial charge in [0.1, 0.15) is 6.04 Å². The van der Waals surface area contributed by atoms with Crippen molar-refractivity contribution in [2.75, 3.05) is 31.1 Å². The maximum atomic E-state index is 12.8. The molecule has 1 N–H and O–H groups in total. The van der Waals surface area contributed by atoms with E-state index in [4.69, 9.17) is 0 Å². The first-order valence-electron chi connectivity index (χ1n) is 9.93. The number of nitro benzene ring substituents is 1. The lowest BCUT2D eigenvalue weighted by molar-refractivity contribution is -0.384. The second-order valence-electron chi connectivity index (χ2n) is 7.53. The molecule has 0 bridgehead atoms. The van der Waals surface area contributed by atoms with Crippen LogP contribution in [-0.4, -0.2) is 53.9 Å². The van der Waals surface area contributed by atoms with Crippen molar-refractivity contribution in [2.45, 2.75) is 26.8 Å². The second-order valence-corrected chi connectivity index (χ2v) is 7.53. The number of nitrogens with zero attached hydrogens (tertiary/aromatic N) is 3. The zero-order chi connectivity index (χ0) is 21.8. The molecule has 1 aliphatic rings. The molecule has 1 aliphatic heterocycles. The van der Waals surface area contributed by atoms with Crippen LogP contribution in [0.3, 0.4) is 0 Å². The van der Waals surface area contributed by atoms with Crippen LogP contribution in [0.1, 0.15) is 28.4 Å². The van der Waals surface area contributed by atoms with Crippen molar-refractivity contribution in [3.05, 3.63) is 69.3 Å². The fourth-order valence-corrected chi connectivity index (χ4v) is 3.62. The molecule has 2 amide bonds. The Bertz CT molecular complexity index is 967. The van der Waals surface area contributed by atoms with Crippen molar-refractivity contribution in [3.8, 4) is 0 Å². The molecule has 30 heavy (non-hydrogen) atoms. The van der Waals surface area contributed by atoms with Crippen LogP contribution in [0.2, 0.25) is 0 Å². The number of aryl methyl sites for hydroxylation is 1. The Morgan fingerprint density at radius 3 is 2.40 bits per heavy atom. The number of benzene rings is 2. The van der Waals surface area contributed by atoms with Gasteiger partial charge in [-0.2, -0.15) is 0 Å². The highest BCUT2D eigenvalue weighted by Crippen LogP contribution is 2.24. The fourth-order valence-electron chi connectivity index (χ4n) is 3.62. The summed E-state index contributed by atoms with van der Waals surface area (Å²) in [5.74, 6) is -0.664. The van der Waals surface area contributed by atoms with Gasteiger partial charge in [0.2, 0.25) is 5.91 Å². The molecule has 1 unspecified atom stereocenters. The van der Waals surface area contributed by atoms with Crippen LogP contribution in [0, 0.1) is 24.0 Å².